The first-order valence-corrected chi connectivity index (χ1v) is 8.84. The fourth-order valence-electron chi connectivity index (χ4n) is 3.13. The maximum absolute atomic E-state index is 14.7. The van der Waals surface area contributed by atoms with Crippen LogP contribution in [-0.4, -0.2) is 17.1 Å². The van der Waals surface area contributed by atoms with Gasteiger partial charge in [-0.3, -0.25) is 0 Å². The highest BCUT2D eigenvalue weighted by Gasteiger charge is 2.13. The van der Waals surface area contributed by atoms with Crippen molar-refractivity contribution in [2.24, 2.45) is 0 Å². The second kappa shape index (κ2) is 8.17. The molecule has 26 heavy (non-hydrogen) atoms. The number of carbonyl (C=O) groups is 1. The molecular formula is C22H26FNO2. The van der Waals surface area contributed by atoms with E-state index in [4.69, 9.17) is 5.11 Å². The number of aryl methyl sites for hydroxylation is 2. The lowest BCUT2D eigenvalue weighted by Gasteiger charge is -2.16. The summed E-state index contributed by atoms with van der Waals surface area (Å²) in [4.78, 5) is 11.0. The highest BCUT2D eigenvalue weighted by Crippen LogP contribution is 2.33. The molecule has 2 N–H and O–H groups in total. The molecule has 2 aromatic carbocycles. The van der Waals surface area contributed by atoms with E-state index in [0.29, 0.717) is 12.0 Å². The first-order valence-electron chi connectivity index (χ1n) is 8.84. The molecule has 0 aliphatic carbocycles. The first kappa shape index (κ1) is 19.7. The van der Waals surface area contributed by atoms with Crippen molar-refractivity contribution in [2.75, 3.05) is 5.32 Å². The molecule has 2 rings (SSSR count). The van der Waals surface area contributed by atoms with E-state index in [-0.39, 0.29) is 11.9 Å². The summed E-state index contributed by atoms with van der Waals surface area (Å²) >= 11 is 0. The van der Waals surface area contributed by atoms with Crippen LogP contribution in [0.4, 0.5) is 10.1 Å². The molecule has 0 radical (unpaired) electrons. The van der Waals surface area contributed by atoms with Crippen molar-refractivity contribution >= 4 is 17.2 Å². The molecule has 0 aromatic heterocycles. The molecule has 0 amide bonds. The van der Waals surface area contributed by atoms with Crippen molar-refractivity contribution in [1.82, 2.24) is 0 Å². The zero-order valence-electron chi connectivity index (χ0n) is 16.0. The Labute approximate surface area is 154 Å². The molecule has 2 aromatic rings. The topological polar surface area (TPSA) is 49.3 Å². The van der Waals surface area contributed by atoms with Gasteiger partial charge in [-0.05, 0) is 80.1 Å². The molecule has 0 fully saturated rings. The quantitative estimate of drug-likeness (QED) is 0.643. The van der Waals surface area contributed by atoms with Crippen LogP contribution in [0.1, 0.15) is 43.9 Å². The van der Waals surface area contributed by atoms with E-state index in [9.17, 15) is 9.18 Å². The Morgan fingerprint density at radius 2 is 1.85 bits per heavy atom. The zero-order chi connectivity index (χ0) is 19.4. The summed E-state index contributed by atoms with van der Waals surface area (Å²) < 4.78 is 14.7. The van der Waals surface area contributed by atoms with Crippen LogP contribution < -0.4 is 5.32 Å². The van der Waals surface area contributed by atoms with Crippen molar-refractivity contribution in [1.29, 1.82) is 0 Å². The number of rotatable bonds is 6. The lowest BCUT2D eigenvalue weighted by atomic mass is 9.90. The number of allylic oxidation sites excluding steroid dienone is 1. The average Bonchev–Trinajstić information content (AvgIpc) is 2.54. The number of hydrogen-bond acceptors (Lipinski definition) is 2. The molecule has 0 atom stereocenters. The first-order chi connectivity index (χ1) is 12.2. The number of hydrogen-bond donors (Lipinski definition) is 2. The highest BCUT2D eigenvalue weighted by atomic mass is 19.1. The van der Waals surface area contributed by atoms with Gasteiger partial charge in [0.1, 0.15) is 5.82 Å². The van der Waals surface area contributed by atoms with Gasteiger partial charge in [-0.2, -0.15) is 0 Å². The zero-order valence-corrected chi connectivity index (χ0v) is 16.0. The van der Waals surface area contributed by atoms with E-state index in [2.05, 4.69) is 5.32 Å². The largest absolute Gasteiger partial charge is 0.478 e. The predicted molar refractivity (Wildman–Crippen MR) is 106 cm³/mol. The van der Waals surface area contributed by atoms with Gasteiger partial charge in [0.05, 0.1) is 0 Å². The maximum Gasteiger partial charge on any atom is 0.328 e. The second-order valence-electron chi connectivity index (χ2n) is 6.84. The molecule has 3 nitrogen and oxygen atoms in total. The van der Waals surface area contributed by atoms with E-state index in [1.807, 2.05) is 52.8 Å². The van der Waals surface area contributed by atoms with Gasteiger partial charge in [0.15, 0.2) is 0 Å². The number of carboxylic acids is 1. The maximum atomic E-state index is 14.7. The van der Waals surface area contributed by atoms with Crippen LogP contribution in [0, 0.1) is 19.7 Å². The number of aliphatic carboxylic acids is 1. The highest BCUT2D eigenvalue weighted by molar-refractivity contribution is 5.91. The molecule has 0 aliphatic heterocycles. The van der Waals surface area contributed by atoms with Gasteiger partial charge < -0.3 is 10.4 Å². The van der Waals surface area contributed by atoms with E-state index in [0.717, 1.165) is 33.5 Å². The molecule has 4 heteroatoms. The van der Waals surface area contributed by atoms with Crippen LogP contribution in [-0.2, 0) is 4.79 Å². The normalized spacial score (nSPS) is 11.7. The summed E-state index contributed by atoms with van der Waals surface area (Å²) in [5.41, 5.74) is 5.64. The Morgan fingerprint density at radius 1 is 1.15 bits per heavy atom. The van der Waals surface area contributed by atoms with Gasteiger partial charge in [0.25, 0.3) is 0 Å². The number of nitrogens with one attached hydrogen (secondary N) is 1. The van der Waals surface area contributed by atoms with Crippen molar-refractivity contribution < 1.29 is 14.3 Å². The summed E-state index contributed by atoms with van der Waals surface area (Å²) in [5.74, 6) is -1.23. The smallest absolute Gasteiger partial charge is 0.328 e. The number of halogens is 1. The molecule has 0 heterocycles. The Hall–Kier alpha value is -2.62. The van der Waals surface area contributed by atoms with Crippen LogP contribution in [0.3, 0.4) is 0 Å². The van der Waals surface area contributed by atoms with Crippen molar-refractivity contribution in [2.45, 2.75) is 47.1 Å². The molecule has 0 bridgehead atoms. The molecule has 0 aliphatic rings. The van der Waals surface area contributed by atoms with Crippen molar-refractivity contribution in [3.63, 3.8) is 0 Å². The fraction of sp³-hybridized carbons (Fsp3) is 0.318. The Morgan fingerprint density at radius 3 is 2.38 bits per heavy atom. The van der Waals surface area contributed by atoms with Gasteiger partial charge in [0.2, 0.25) is 0 Å². The molecular weight excluding hydrogens is 329 g/mol. The van der Waals surface area contributed by atoms with Gasteiger partial charge in [0, 0.05) is 23.4 Å². The summed E-state index contributed by atoms with van der Waals surface area (Å²) in [5, 5.41) is 12.3. The Balaban J connectivity index is 2.50. The van der Waals surface area contributed by atoms with Crippen LogP contribution in [0.25, 0.3) is 16.7 Å². The number of carboxylic acid groups (broad SMARTS) is 1. The minimum absolute atomic E-state index is 0.233. The van der Waals surface area contributed by atoms with Gasteiger partial charge in [-0.15, -0.1) is 0 Å². The minimum atomic E-state index is -0.956. The van der Waals surface area contributed by atoms with Gasteiger partial charge >= 0.3 is 5.97 Å². The SMILES string of the molecule is CCC(=CC(=O)O)c1cc(C)c(-c2ccc(NC(C)C)cc2F)cc1C. The molecule has 0 saturated carbocycles. The second-order valence-corrected chi connectivity index (χ2v) is 6.84. The summed E-state index contributed by atoms with van der Waals surface area (Å²) in [6.07, 6.45) is 1.87. The van der Waals surface area contributed by atoms with Crippen molar-refractivity contribution in [3.8, 4) is 11.1 Å². The fourth-order valence-corrected chi connectivity index (χ4v) is 3.13. The monoisotopic (exact) mass is 355 g/mol. The summed E-state index contributed by atoms with van der Waals surface area (Å²) in [6.45, 7) is 9.79. The minimum Gasteiger partial charge on any atom is -0.478 e. The molecule has 0 saturated heterocycles. The third-order valence-electron chi connectivity index (χ3n) is 4.31. The Kier molecular flexibility index (Phi) is 6.19. The standard InChI is InChI=1S/C22H26FNO2/c1-6-16(11-22(25)26)19-9-15(5)20(10-14(19)4)18-8-7-17(12-21(18)23)24-13(2)3/h7-13,24H,6H2,1-5H3,(H,25,26). The predicted octanol–water partition coefficient (Wildman–Crippen LogP) is 5.81. The van der Waals surface area contributed by atoms with Crippen LogP contribution in [0.2, 0.25) is 0 Å². The summed E-state index contributed by atoms with van der Waals surface area (Å²) in [6, 6.07) is 9.29. The van der Waals surface area contributed by atoms with Gasteiger partial charge in [-0.1, -0.05) is 19.1 Å². The van der Waals surface area contributed by atoms with E-state index in [1.165, 1.54) is 12.1 Å². The third kappa shape index (κ3) is 4.51. The van der Waals surface area contributed by atoms with Crippen LogP contribution >= 0.6 is 0 Å². The number of benzene rings is 2. The molecule has 138 valence electrons. The third-order valence-corrected chi connectivity index (χ3v) is 4.31. The Bertz CT molecular complexity index is 853. The van der Waals surface area contributed by atoms with Crippen LogP contribution in [0.5, 0.6) is 0 Å². The van der Waals surface area contributed by atoms with E-state index < -0.39 is 5.97 Å². The van der Waals surface area contributed by atoms with Crippen molar-refractivity contribution in [3.05, 3.63) is 58.9 Å². The number of anilines is 1. The van der Waals surface area contributed by atoms with Gasteiger partial charge in [-0.25, -0.2) is 9.18 Å². The lowest BCUT2D eigenvalue weighted by Crippen LogP contribution is -2.09. The molecule has 0 spiro atoms. The summed E-state index contributed by atoms with van der Waals surface area (Å²) in [7, 11) is 0. The van der Waals surface area contributed by atoms with E-state index in [1.54, 1.807) is 6.07 Å². The van der Waals surface area contributed by atoms with Crippen LogP contribution in [0.15, 0.2) is 36.4 Å². The molecule has 0 unspecified atom stereocenters. The lowest BCUT2D eigenvalue weighted by molar-refractivity contribution is -0.131. The average molecular weight is 355 g/mol. The van der Waals surface area contributed by atoms with E-state index >= 15 is 0 Å².